The molecule has 29 heavy (non-hydrogen) atoms. The molecule has 3 heterocycles. The Balaban J connectivity index is 1.58. The number of ketones is 1. The van der Waals surface area contributed by atoms with Gasteiger partial charge in [-0.05, 0) is 37.3 Å². The monoisotopic (exact) mass is 404 g/mol. The van der Waals surface area contributed by atoms with Crippen LogP contribution in [0.2, 0.25) is 0 Å². The number of para-hydroxylation sites is 1. The third-order valence-electron chi connectivity index (χ3n) is 5.09. The van der Waals surface area contributed by atoms with E-state index in [1.54, 1.807) is 16.7 Å². The second kappa shape index (κ2) is 6.52. The van der Waals surface area contributed by atoms with E-state index < -0.39 is 0 Å². The molecule has 2 aromatic carbocycles. The van der Waals surface area contributed by atoms with Crippen molar-refractivity contribution in [1.29, 1.82) is 0 Å². The van der Waals surface area contributed by atoms with Gasteiger partial charge in [-0.3, -0.25) is 19.0 Å². The predicted octanol–water partition coefficient (Wildman–Crippen LogP) is 1.32. The van der Waals surface area contributed by atoms with Crippen LogP contribution in [-0.2, 0) is 11.5 Å². The number of fused-ring (bicyclic) bond motifs is 2. The Kier molecular flexibility index (Phi) is 3.95. The molecule has 1 aromatic heterocycles. The van der Waals surface area contributed by atoms with Crippen LogP contribution >= 0.6 is 11.3 Å². The lowest BCUT2D eigenvalue weighted by Gasteiger charge is -2.25. The molecule has 0 bridgehead atoms. The van der Waals surface area contributed by atoms with E-state index in [1.165, 1.54) is 18.3 Å². The molecule has 144 valence electrons. The molecule has 1 amide bonds. The van der Waals surface area contributed by atoms with Crippen LogP contribution in [0.1, 0.15) is 22.8 Å². The summed E-state index contributed by atoms with van der Waals surface area (Å²) >= 11 is 1.24. The van der Waals surface area contributed by atoms with Crippen LogP contribution in [-0.4, -0.2) is 22.9 Å². The smallest absolute Gasteiger partial charge is 0.272 e. The van der Waals surface area contributed by atoms with Gasteiger partial charge in [-0.25, -0.2) is 4.99 Å². The largest absolute Gasteiger partial charge is 0.334 e. The minimum Gasteiger partial charge on any atom is -0.334 e. The van der Waals surface area contributed by atoms with Crippen molar-refractivity contribution in [3.63, 3.8) is 0 Å². The molecular weight excluding hydrogens is 388 g/mol. The molecule has 2 aliphatic rings. The Bertz CT molecular complexity index is 1350. The summed E-state index contributed by atoms with van der Waals surface area (Å²) in [5.74, 6) is -0.257. The van der Waals surface area contributed by atoms with Gasteiger partial charge in [-0.2, -0.15) is 0 Å². The van der Waals surface area contributed by atoms with Crippen molar-refractivity contribution < 1.29 is 9.59 Å². The highest BCUT2D eigenvalue weighted by molar-refractivity contribution is 7.07. The van der Waals surface area contributed by atoms with Crippen molar-refractivity contribution in [2.75, 3.05) is 16.9 Å². The molecule has 1 N–H and O–H groups in total. The summed E-state index contributed by atoms with van der Waals surface area (Å²) in [6, 6.07) is 14.6. The van der Waals surface area contributed by atoms with E-state index in [9.17, 15) is 14.4 Å². The highest BCUT2D eigenvalue weighted by Crippen LogP contribution is 2.29. The van der Waals surface area contributed by atoms with Crippen LogP contribution in [0.15, 0.2) is 58.3 Å². The quantitative estimate of drug-likeness (QED) is 0.653. The Morgan fingerprint density at radius 1 is 1.10 bits per heavy atom. The van der Waals surface area contributed by atoms with Crippen LogP contribution < -0.4 is 25.1 Å². The summed E-state index contributed by atoms with van der Waals surface area (Å²) in [6.07, 6.45) is 0. The molecule has 8 heteroatoms. The minimum atomic E-state index is -0.265. The van der Waals surface area contributed by atoms with Gasteiger partial charge < -0.3 is 10.2 Å². The first-order valence-corrected chi connectivity index (χ1v) is 9.90. The zero-order valence-corrected chi connectivity index (χ0v) is 16.3. The molecule has 5 rings (SSSR count). The molecule has 0 spiro atoms. The second-order valence-electron chi connectivity index (χ2n) is 6.91. The maximum Gasteiger partial charge on any atom is 0.272 e. The van der Waals surface area contributed by atoms with Gasteiger partial charge in [0.15, 0.2) is 10.6 Å². The summed E-state index contributed by atoms with van der Waals surface area (Å²) in [4.78, 5) is 44.2. The standard InChI is InChI=1S/C21H16N4O3S/c1-12(26)13-6-8-14(9-7-13)24-10-22-21-25(11-24)20(28)18(29-21)17-15-4-2-3-5-16(15)23-19(17)27/h2-9H,10-11H2,1H3,(H,23,27)/b18-17+. The average Bonchev–Trinajstić information content (AvgIpc) is 3.23. The van der Waals surface area contributed by atoms with E-state index in [2.05, 4.69) is 10.3 Å². The summed E-state index contributed by atoms with van der Waals surface area (Å²) in [5.41, 5.74) is 3.16. The lowest BCUT2D eigenvalue weighted by molar-refractivity contribution is -0.110. The number of rotatable bonds is 2. The Labute approximate surface area is 169 Å². The van der Waals surface area contributed by atoms with Crippen molar-refractivity contribution in [3.8, 4) is 0 Å². The summed E-state index contributed by atoms with van der Waals surface area (Å²) < 4.78 is 1.99. The second-order valence-corrected chi connectivity index (χ2v) is 7.88. The first kappa shape index (κ1) is 17.6. The normalized spacial score (nSPS) is 16.7. The molecule has 7 nitrogen and oxygen atoms in total. The number of nitrogens with zero attached hydrogens (tertiary/aromatic N) is 3. The minimum absolute atomic E-state index is 0.00742. The maximum absolute atomic E-state index is 13.1. The van der Waals surface area contributed by atoms with Crippen LogP contribution in [0.3, 0.4) is 0 Å². The van der Waals surface area contributed by atoms with E-state index in [-0.39, 0.29) is 17.2 Å². The molecule has 0 atom stereocenters. The van der Waals surface area contributed by atoms with Crippen molar-refractivity contribution in [1.82, 2.24) is 4.57 Å². The van der Waals surface area contributed by atoms with Crippen molar-refractivity contribution in [3.05, 3.63) is 79.3 Å². The number of nitrogens with one attached hydrogen (secondary N) is 1. The van der Waals surface area contributed by atoms with E-state index in [1.807, 2.05) is 41.3 Å². The zero-order valence-electron chi connectivity index (χ0n) is 15.5. The molecule has 3 aromatic rings. The Morgan fingerprint density at radius 2 is 1.86 bits per heavy atom. The van der Waals surface area contributed by atoms with Gasteiger partial charge in [0.05, 0.1) is 5.57 Å². The summed E-state index contributed by atoms with van der Waals surface area (Å²) in [5, 5.41) is 2.82. The van der Waals surface area contributed by atoms with Crippen LogP contribution in [0.25, 0.3) is 5.57 Å². The molecule has 2 aliphatic heterocycles. The average molecular weight is 404 g/mol. The van der Waals surface area contributed by atoms with Gasteiger partial charge in [0.1, 0.15) is 17.9 Å². The van der Waals surface area contributed by atoms with E-state index in [0.29, 0.717) is 39.5 Å². The van der Waals surface area contributed by atoms with Gasteiger partial charge in [-0.15, -0.1) is 0 Å². The van der Waals surface area contributed by atoms with E-state index >= 15 is 0 Å². The molecule has 0 aliphatic carbocycles. The number of carbonyl (C=O) groups is 2. The third kappa shape index (κ3) is 2.80. The molecule has 0 saturated carbocycles. The van der Waals surface area contributed by atoms with Crippen LogP contribution in [0.4, 0.5) is 11.4 Å². The number of Topliss-reactive ketones (excluding diaryl/α,β-unsaturated/α-hetero) is 1. The Hall–Kier alpha value is -3.52. The number of hydrogen-bond donors (Lipinski definition) is 1. The van der Waals surface area contributed by atoms with Crippen molar-refractivity contribution in [2.24, 2.45) is 4.99 Å². The number of anilines is 2. The first-order valence-electron chi connectivity index (χ1n) is 9.08. The number of aromatic nitrogens is 1. The lowest BCUT2D eigenvalue weighted by Crippen LogP contribution is -2.43. The van der Waals surface area contributed by atoms with Gasteiger partial charge >= 0.3 is 0 Å². The van der Waals surface area contributed by atoms with Crippen molar-refractivity contribution >= 4 is 40.0 Å². The van der Waals surface area contributed by atoms with Gasteiger partial charge in [0.2, 0.25) is 0 Å². The number of hydrogen-bond acceptors (Lipinski definition) is 6. The SMILES string of the molecule is CC(=O)c1ccc(N2CN=c3s/c(=C4/C(=O)Nc5ccccc54)c(=O)n3C2)cc1. The molecule has 0 saturated heterocycles. The summed E-state index contributed by atoms with van der Waals surface area (Å²) in [7, 11) is 0. The highest BCUT2D eigenvalue weighted by atomic mass is 32.1. The molecule has 0 radical (unpaired) electrons. The number of thiazole rings is 1. The van der Waals surface area contributed by atoms with Crippen LogP contribution in [0.5, 0.6) is 0 Å². The van der Waals surface area contributed by atoms with Gasteiger partial charge in [0.25, 0.3) is 11.5 Å². The van der Waals surface area contributed by atoms with E-state index in [4.69, 9.17) is 0 Å². The van der Waals surface area contributed by atoms with Gasteiger partial charge in [-0.1, -0.05) is 29.5 Å². The molecule has 0 fully saturated rings. The van der Waals surface area contributed by atoms with Gasteiger partial charge in [0, 0.05) is 22.5 Å². The number of benzene rings is 2. The fourth-order valence-electron chi connectivity index (χ4n) is 3.57. The number of amides is 1. The molecule has 0 unspecified atom stereocenters. The lowest BCUT2D eigenvalue weighted by atomic mass is 10.1. The fourth-order valence-corrected chi connectivity index (χ4v) is 4.63. The Morgan fingerprint density at radius 3 is 2.62 bits per heavy atom. The first-order chi connectivity index (χ1) is 14.0. The third-order valence-corrected chi connectivity index (χ3v) is 6.21. The van der Waals surface area contributed by atoms with E-state index in [0.717, 1.165) is 11.3 Å². The highest BCUT2D eigenvalue weighted by Gasteiger charge is 2.27. The zero-order chi connectivity index (χ0) is 20.1. The van der Waals surface area contributed by atoms with Crippen molar-refractivity contribution in [2.45, 2.75) is 13.6 Å². The maximum atomic E-state index is 13.1. The number of carbonyl (C=O) groups excluding carboxylic acids is 2. The summed E-state index contributed by atoms with van der Waals surface area (Å²) in [6.45, 7) is 2.26. The fraction of sp³-hybridized carbons (Fsp3) is 0.143. The van der Waals surface area contributed by atoms with Crippen LogP contribution in [0, 0.1) is 0 Å². The molecular formula is C21H16N4O3S. The predicted molar refractivity (Wildman–Crippen MR) is 111 cm³/mol. The topological polar surface area (TPSA) is 83.8 Å².